The molecule has 6 atom stereocenters. The summed E-state index contributed by atoms with van der Waals surface area (Å²) in [6.45, 7) is 8.97. The molecule has 1 saturated carbocycles. The zero-order valence-corrected chi connectivity index (χ0v) is 17.1. The van der Waals surface area contributed by atoms with E-state index in [9.17, 15) is 4.79 Å². The number of methoxy groups -OCH3 is 1. The lowest BCUT2D eigenvalue weighted by atomic mass is 9.68. The number of esters is 1. The summed E-state index contributed by atoms with van der Waals surface area (Å²) in [4.78, 5) is 12.2. The van der Waals surface area contributed by atoms with Crippen LogP contribution in [0.3, 0.4) is 0 Å². The van der Waals surface area contributed by atoms with Gasteiger partial charge in [0, 0.05) is 13.2 Å². The molecule has 5 heteroatoms. The number of carbonyl (C=O) groups is 1. The monoisotopic (exact) mass is 376 g/mol. The molecule has 1 aliphatic carbocycles. The number of ether oxygens (including phenoxy) is 4. The number of hydrogen-bond donors (Lipinski definition) is 0. The highest BCUT2D eigenvalue weighted by molar-refractivity contribution is 5.82. The van der Waals surface area contributed by atoms with Crippen LogP contribution in [-0.4, -0.2) is 49.2 Å². The van der Waals surface area contributed by atoms with Crippen LogP contribution in [0.15, 0.2) is 36.0 Å². The Morgan fingerprint density at radius 3 is 2.63 bits per heavy atom. The highest BCUT2D eigenvalue weighted by atomic mass is 16.6. The Morgan fingerprint density at radius 2 is 2.04 bits per heavy atom. The molecule has 2 heterocycles. The fourth-order valence-electron chi connectivity index (χ4n) is 4.50. The third-order valence-corrected chi connectivity index (χ3v) is 6.04. The van der Waals surface area contributed by atoms with Gasteiger partial charge in [0.25, 0.3) is 0 Å². The molecule has 0 aromatic rings. The van der Waals surface area contributed by atoms with Gasteiger partial charge in [-0.1, -0.05) is 29.9 Å². The lowest BCUT2D eigenvalue weighted by Gasteiger charge is -2.42. The third kappa shape index (κ3) is 4.20. The normalized spacial score (nSPS) is 40.5. The zero-order valence-electron chi connectivity index (χ0n) is 17.1. The maximum atomic E-state index is 12.2. The van der Waals surface area contributed by atoms with Gasteiger partial charge in [0.05, 0.1) is 18.6 Å². The molecule has 2 saturated heterocycles. The average molecular weight is 376 g/mol. The zero-order chi connectivity index (χ0) is 19.7. The first-order chi connectivity index (χ1) is 12.9. The molecular formula is C22H32O5. The maximum absolute atomic E-state index is 12.2. The van der Waals surface area contributed by atoms with Crippen LogP contribution < -0.4 is 0 Å². The van der Waals surface area contributed by atoms with E-state index in [1.165, 1.54) is 11.6 Å². The second kappa shape index (κ2) is 7.90. The predicted molar refractivity (Wildman–Crippen MR) is 103 cm³/mol. The molecule has 150 valence electrons. The molecule has 0 radical (unpaired) electrons. The minimum absolute atomic E-state index is 0.0524. The van der Waals surface area contributed by atoms with Crippen molar-refractivity contribution >= 4 is 5.97 Å². The predicted octanol–water partition coefficient (Wildman–Crippen LogP) is 3.74. The standard InChI is InChI=1S/C22H32O5/c1-6-7-8-9-18(23)26-16-12-13-22(14-25-22)20(19(16)24-5)21(4)17(27-21)11-10-15(2)3/h6-10,16-17,19-20H,11-14H2,1-5H3/b7-6+,9-8+/t16-,17-,19-,20-,21+,22+/m1/s1. The molecule has 27 heavy (non-hydrogen) atoms. The van der Waals surface area contributed by atoms with Crippen molar-refractivity contribution in [2.45, 2.75) is 76.5 Å². The molecule has 5 nitrogen and oxygen atoms in total. The van der Waals surface area contributed by atoms with Gasteiger partial charge in [0.1, 0.15) is 23.4 Å². The van der Waals surface area contributed by atoms with Gasteiger partial charge >= 0.3 is 5.97 Å². The second-order valence-corrected chi connectivity index (χ2v) is 8.24. The van der Waals surface area contributed by atoms with Crippen molar-refractivity contribution in [2.75, 3.05) is 13.7 Å². The Bertz CT molecular complexity index is 641. The first kappa shape index (κ1) is 20.3. The highest BCUT2D eigenvalue weighted by Crippen LogP contribution is 2.59. The van der Waals surface area contributed by atoms with Gasteiger partial charge in [-0.2, -0.15) is 0 Å². The minimum Gasteiger partial charge on any atom is -0.456 e. The molecule has 1 spiro atoms. The van der Waals surface area contributed by atoms with Gasteiger partial charge in [0.15, 0.2) is 0 Å². The maximum Gasteiger partial charge on any atom is 0.331 e. The van der Waals surface area contributed by atoms with Crippen LogP contribution in [0.2, 0.25) is 0 Å². The van der Waals surface area contributed by atoms with Crippen LogP contribution in [0.5, 0.6) is 0 Å². The molecule has 0 unspecified atom stereocenters. The number of hydrogen-bond acceptors (Lipinski definition) is 5. The number of allylic oxidation sites excluding steroid dienone is 4. The first-order valence-corrected chi connectivity index (χ1v) is 9.84. The molecule has 2 aliphatic heterocycles. The Balaban J connectivity index is 1.73. The fraction of sp³-hybridized carbons (Fsp3) is 0.682. The van der Waals surface area contributed by atoms with Crippen molar-refractivity contribution in [3.8, 4) is 0 Å². The number of carbonyl (C=O) groups excluding carboxylic acids is 1. The Labute approximate surface area is 162 Å². The van der Waals surface area contributed by atoms with E-state index < -0.39 is 0 Å². The molecule has 0 aromatic heterocycles. The van der Waals surface area contributed by atoms with Crippen molar-refractivity contribution in [1.82, 2.24) is 0 Å². The van der Waals surface area contributed by atoms with E-state index in [2.05, 4.69) is 26.8 Å². The molecule has 0 N–H and O–H groups in total. The van der Waals surface area contributed by atoms with E-state index in [1.54, 1.807) is 19.3 Å². The third-order valence-electron chi connectivity index (χ3n) is 6.04. The molecule has 0 bridgehead atoms. The van der Waals surface area contributed by atoms with E-state index in [4.69, 9.17) is 18.9 Å². The molecular weight excluding hydrogens is 344 g/mol. The van der Waals surface area contributed by atoms with E-state index in [-0.39, 0.29) is 41.4 Å². The smallest absolute Gasteiger partial charge is 0.331 e. The molecule has 3 rings (SSSR count). The largest absolute Gasteiger partial charge is 0.456 e. The van der Waals surface area contributed by atoms with Gasteiger partial charge in [-0.05, 0) is 47.0 Å². The molecule has 3 fully saturated rings. The summed E-state index contributed by atoms with van der Waals surface area (Å²) in [5.41, 5.74) is 0.783. The van der Waals surface area contributed by atoms with Gasteiger partial charge in [0.2, 0.25) is 0 Å². The van der Waals surface area contributed by atoms with E-state index >= 15 is 0 Å². The van der Waals surface area contributed by atoms with E-state index in [0.717, 1.165) is 25.9 Å². The van der Waals surface area contributed by atoms with Gasteiger partial charge in [-0.3, -0.25) is 0 Å². The summed E-state index contributed by atoms with van der Waals surface area (Å²) in [5.74, 6) is -0.286. The van der Waals surface area contributed by atoms with E-state index in [1.807, 2.05) is 13.0 Å². The lowest BCUT2D eigenvalue weighted by Crippen LogP contribution is -2.55. The van der Waals surface area contributed by atoms with Crippen LogP contribution >= 0.6 is 0 Å². The topological polar surface area (TPSA) is 60.6 Å². The Kier molecular flexibility index (Phi) is 5.94. The van der Waals surface area contributed by atoms with Gasteiger partial charge < -0.3 is 18.9 Å². The minimum atomic E-state index is -0.338. The number of rotatable bonds is 7. The molecule has 0 amide bonds. The Hall–Kier alpha value is -1.43. The molecule has 3 aliphatic rings. The highest BCUT2D eigenvalue weighted by Gasteiger charge is 2.72. The average Bonchev–Trinajstić information content (AvgIpc) is 3.53. The molecule has 0 aromatic carbocycles. The Morgan fingerprint density at radius 1 is 1.30 bits per heavy atom. The van der Waals surface area contributed by atoms with E-state index in [0.29, 0.717) is 0 Å². The van der Waals surface area contributed by atoms with Crippen LogP contribution in [0, 0.1) is 5.92 Å². The number of epoxide rings is 2. The van der Waals surface area contributed by atoms with Crippen LogP contribution in [0.1, 0.15) is 47.0 Å². The van der Waals surface area contributed by atoms with Crippen molar-refractivity contribution in [2.24, 2.45) is 5.92 Å². The summed E-state index contributed by atoms with van der Waals surface area (Å²) < 4.78 is 23.7. The van der Waals surface area contributed by atoms with Crippen molar-refractivity contribution < 1.29 is 23.7 Å². The van der Waals surface area contributed by atoms with Crippen molar-refractivity contribution in [3.05, 3.63) is 36.0 Å². The van der Waals surface area contributed by atoms with Gasteiger partial charge in [-0.25, -0.2) is 4.79 Å². The quantitative estimate of drug-likeness (QED) is 0.223. The van der Waals surface area contributed by atoms with Crippen LogP contribution in [-0.2, 0) is 23.7 Å². The summed E-state index contributed by atoms with van der Waals surface area (Å²) in [5, 5.41) is 0. The first-order valence-electron chi connectivity index (χ1n) is 9.84. The fourth-order valence-corrected chi connectivity index (χ4v) is 4.50. The summed E-state index contributed by atoms with van der Waals surface area (Å²) in [6, 6.07) is 0. The van der Waals surface area contributed by atoms with Crippen LogP contribution in [0.4, 0.5) is 0 Å². The second-order valence-electron chi connectivity index (χ2n) is 8.24. The summed E-state index contributed by atoms with van der Waals surface area (Å²) >= 11 is 0. The summed E-state index contributed by atoms with van der Waals surface area (Å²) in [6.07, 6.45) is 11.1. The van der Waals surface area contributed by atoms with Gasteiger partial charge in [-0.15, -0.1) is 0 Å². The lowest BCUT2D eigenvalue weighted by molar-refractivity contribution is -0.166. The SMILES string of the molecule is C/C=C/C=C/C(=O)O[C@@H]1CC[C@]2(CO2)[C@@H]([C@@]2(C)O[C@@H]2CC=C(C)C)[C@@H]1OC. The van der Waals surface area contributed by atoms with Crippen molar-refractivity contribution in [3.63, 3.8) is 0 Å². The van der Waals surface area contributed by atoms with Crippen molar-refractivity contribution in [1.29, 1.82) is 0 Å². The summed E-state index contributed by atoms with van der Waals surface area (Å²) in [7, 11) is 1.69. The van der Waals surface area contributed by atoms with Crippen LogP contribution in [0.25, 0.3) is 0 Å².